The fourth-order valence-electron chi connectivity index (χ4n) is 4.70. The van der Waals surface area contributed by atoms with Gasteiger partial charge in [0.2, 0.25) is 11.8 Å². The van der Waals surface area contributed by atoms with E-state index in [1.54, 1.807) is 44.2 Å². The van der Waals surface area contributed by atoms with E-state index in [9.17, 15) is 18.0 Å². The van der Waals surface area contributed by atoms with Gasteiger partial charge in [-0.15, -0.1) is 0 Å². The topological polar surface area (TPSA) is 86.8 Å². The van der Waals surface area contributed by atoms with E-state index in [4.69, 9.17) is 23.2 Å². The van der Waals surface area contributed by atoms with E-state index in [2.05, 4.69) is 5.32 Å². The molecule has 0 aliphatic rings. The number of anilines is 1. The zero-order chi connectivity index (χ0) is 31.9. The fourth-order valence-corrected chi connectivity index (χ4v) is 6.64. The molecule has 1 unspecified atom stereocenters. The molecule has 0 saturated heterocycles. The largest absolute Gasteiger partial charge is 0.355 e. The molecule has 1 N–H and O–H groups in total. The Bertz CT molecular complexity index is 1700. The first-order chi connectivity index (χ1) is 21.0. The third-order valence-corrected chi connectivity index (χ3v) is 9.50. The molecule has 0 saturated carbocycles. The van der Waals surface area contributed by atoms with Crippen molar-refractivity contribution < 1.29 is 22.4 Å². The van der Waals surface area contributed by atoms with Gasteiger partial charge in [0, 0.05) is 35.1 Å². The smallest absolute Gasteiger partial charge is 0.264 e. The molecule has 4 aromatic carbocycles. The third kappa shape index (κ3) is 7.77. The van der Waals surface area contributed by atoms with Crippen LogP contribution in [-0.2, 0) is 32.6 Å². The predicted octanol–water partition coefficient (Wildman–Crippen LogP) is 6.41. The summed E-state index contributed by atoms with van der Waals surface area (Å²) in [5.41, 5.74) is 1.66. The number of carbonyl (C=O) groups is 2. The SMILES string of the molecule is CCNC(=O)C(Cc1ccccc1)N(Cc1c(Cl)cccc1Cl)C(=O)CN(c1ccccc1F)S(=O)(=O)c1ccc(C)cc1. The van der Waals surface area contributed by atoms with Gasteiger partial charge in [0.1, 0.15) is 18.4 Å². The zero-order valence-corrected chi connectivity index (χ0v) is 26.5. The Morgan fingerprint density at radius 2 is 1.48 bits per heavy atom. The average molecular weight is 657 g/mol. The molecule has 0 aliphatic carbocycles. The number of aryl methyl sites for hydroxylation is 1. The van der Waals surface area contributed by atoms with Crippen LogP contribution in [0.3, 0.4) is 0 Å². The molecule has 0 bridgehead atoms. The molecule has 230 valence electrons. The highest BCUT2D eigenvalue weighted by Crippen LogP contribution is 2.30. The second kappa shape index (κ2) is 14.7. The highest BCUT2D eigenvalue weighted by atomic mass is 35.5. The molecule has 0 spiro atoms. The van der Waals surface area contributed by atoms with E-state index in [0.29, 0.717) is 12.1 Å². The average Bonchev–Trinajstić information content (AvgIpc) is 3.00. The second-order valence-electron chi connectivity index (χ2n) is 10.1. The molecule has 11 heteroatoms. The number of para-hydroxylation sites is 1. The van der Waals surface area contributed by atoms with Crippen molar-refractivity contribution >= 4 is 50.7 Å². The van der Waals surface area contributed by atoms with Crippen molar-refractivity contribution in [2.45, 2.75) is 37.8 Å². The molecule has 44 heavy (non-hydrogen) atoms. The number of nitrogens with one attached hydrogen (secondary N) is 1. The van der Waals surface area contributed by atoms with Crippen molar-refractivity contribution in [1.29, 1.82) is 0 Å². The van der Waals surface area contributed by atoms with E-state index in [1.807, 2.05) is 30.3 Å². The van der Waals surface area contributed by atoms with Gasteiger partial charge in [-0.3, -0.25) is 13.9 Å². The van der Waals surface area contributed by atoms with Crippen LogP contribution in [-0.4, -0.2) is 44.3 Å². The minimum atomic E-state index is -4.43. The maximum absolute atomic E-state index is 15.2. The van der Waals surface area contributed by atoms with Crippen molar-refractivity contribution in [1.82, 2.24) is 10.2 Å². The van der Waals surface area contributed by atoms with Gasteiger partial charge in [0.25, 0.3) is 10.0 Å². The number of hydrogen-bond acceptors (Lipinski definition) is 4. The minimum absolute atomic E-state index is 0.116. The van der Waals surface area contributed by atoms with Crippen molar-refractivity contribution in [2.24, 2.45) is 0 Å². The van der Waals surface area contributed by atoms with Crippen LogP contribution < -0.4 is 9.62 Å². The number of carbonyl (C=O) groups excluding carboxylic acids is 2. The number of sulfonamides is 1. The highest BCUT2D eigenvalue weighted by molar-refractivity contribution is 7.92. The van der Waals surface area contributed by atoms with Crippen LogP contribution in [0, 0.1) is 12.7 Å². The molecule has 0 fully saturated rings. The Balaban J connectivity index is 1.84. The van der Waals surface area contributed by atoms with Crippen LogP contribution in [0.5, 0.6) is 0 Å². The van der Waals surface area contributed by atoms with Gasteiger partial charge in [-0.2, -0.15) is 0 Å². The molecule has 4 aromatic rings. The number of rotatable bonds is 12. The predicted molar refractivity (Wildman–Crippen MR) is 172 cm³/mol. The molecular formula is C33H32Cl2FN3O4S. The van der Waals surface area contributed by atoms with Crippen molar-refractivity contribution in [3.8, 4) is 0 Å². The monoisotopic (exact) mass is 655 g/mol. The lowest BCUT2D eigenvalue weighted by atomic mass is 10.0. The van der Waals surface area contributed by atoms with Crippen LogP contribution in [0.15, 0.2) is 102 Å². The van der Waals surface area contributed by atoms with Gasteiger partial charge in [-0.1, -0.05) is 89.4 Å². The Morgan fingerprint density at radius 3 is 2.09 bits per heavy atom. The normalized spacial score (nSPS) is 11.9. The third-order valence-electron chi connectivity index (χ3n) is 7.02. The number of hydrogen-bond donors (Lipinski definition) is 1. The Labute approximate surface area is 267 Å². The van der Waals surface area contributed by atoms with Gasteiger partial charge < -0.3 is 10.2 Å². The molecular weight excluding hydrogens is 624 g/mol. The maximum atomic E-state index is 15.2. The van der Waals surface area contributed by atoms with Gasteiger partial charge in [0.05, 0.1) is 10.6 Å². The molecule has 0 aliphatic heterocycles. The lowest BCUT2D eigenvalue weighted by Crippen LogP contribution is -2.53. The summed E-state index contributed by atoms with van der Waals surface area (Å²) in [5.74, 6) is -2.04. The lowest BCUT2D eigenvalue weighted by molar-refractivity contribution is -0.140. The number of halogens is 3. The summed E-state index contributed by atoms with van der Waals surface area (Å²) in [6.07, 6.45) is 0.116. The Hall–Kier alpha value is -3.92. The highest BCUT2D eigenvalue weighted by Gasteiger charge is 2.35. The van der Waals surface area contributed by atoms with E-state index < -0.39 is 40.2 Å². The van der Waals surface area contributed by atoms with Gasteiger partial charge >= 0.3 is 0 Å². The minimum Gasteiger partial charge on any atom is -0.355 e. The van der Waals surface area contributed by atoms with Crippen LogP contribution >= 0.6 is 23.2 Å². The zero-order valence-electron chi connectivity index (χ0n) is 24.2. The molecule has 0 aromatic heterocycles. The first kappa shape index (κ1) is 33.0. The Morgan fingerprint density at radius 1 is 0.864 bits per heavy atom. The van der Waals surface area contributed by atoms with Crippen LogP contribution in [0.2, 0.25) is 10.0 Å². The first-order valence-electron chi connectivity index (χ1n) is 13.9. The number of amides is 2. The van der Waals surface area contributed by atoms with E-state index in [-0.39, 0.29) is 33.6 Å². The fraction of sp³-hybridized carbons (Fsp3) is 0.212. The van der Waals surface area contributed by atoms with Gasteiger partial charge in [-0.05, 0) is 55.8 Å². The molecule has 0 radical (unpaired) electrons. The number of nitrogens with zero attached hydrogens (tertiary/aromatic N) is 2. The van der Waals surface area contributed by atoms with Crippen LogP contribution in [0.25, 0.3) is 0 Å². The Kier molecular flexibility index (Phi) is 11.0. The van der Waals surface area contributed by atoms with E-state index in [0.717, 1.165) is 21.5 Å². The summed E-state index contributed by atoms with van der Waals surface area (Å²) >= 11 is 13.0. The standard InChI is InChI=1S/C33H32Cl2FN3O4S/c1-3-37-33(41)31(20-24-10-5-4-6-11-24)38(21-26-27(34)12-9-13-28(26)35)32(40)22-39(30-15-8-7-14-29(30)36)44(42,43)25-18-16-23(2)17-19-25/h4-19,31H,3,20-22H2,1-2H3,(H,37,41). The van der Waals surface area contributed by atoms with Gasteiger partial charge in [-0.25, -0.2) is 12.8 Å². The van der Waals surface area contributed by atoms with Crippen LogP contribution in [0.1, 0.15) is 23.6 Å². The molecule has 4 rings (SSSR count). The van der Waals surface area contributed by atoms with E-state index >= 15 is 4.39 Å². The van der Waals surface area contributed by atoms with Crippen molar-refractivity contribution in [3.63, 3.8) is 0 Å². The number of likely N-dealkylation sites (N-methyl/N-ethyl adjacent to an activating group) is 1. The quantitative estimate of drug-likeness (QED) is 0.191. The maximum Gasteiger partial charge on any atom is 0.264 e. The van der Waals surface area contributed by atoms with Crippen molar-refractivity contribution in [2.75, 3.05) is 17.4 Å². The summed E-state index contributed by atoms with van der Waals surface area (Å²) in [6, 6.07) is 24.2. The summed E-state index contributed by atoms with van der Waals surface area (Å²) < 4.78 is 43.9. The molecule has 7 nitrogen and oxygen atoms in total. The summed E-state index contributed by atoms with van der Waals surface area (Å²) in [5, 5.41) is 3.31. The summed E-state index contributed by atoms with van der Waals surface area (Å²) in [6.45, 7) is 2.84. The molecule has 2 amide bonds. The summed E-state index contributed by atoms with van der Waals surface area (Å²) in [4.78, 5) is 29.1. The second-order valence-corrected chi connectivity index (χ2v) is 12.8. The summed E-state index contributed by atoms with van der Waals surface area (Å²) in [7, 11) is -4.43. The van der Waals surface area contributed by atoms with Crippen LogP contribution in [0.4, 0.5) is 10.1 Å². The van der Waals surface area contributed by atoms with E-state index in [1.165, 1.54) is 35.2 Å². The van der Waals surface area contributed by atoms with Crippen molar-refractivity contribution in [3.05, 3.63) is 130 Å². The van der Waals surface area contributed by atoms with Gasteiger partial charge in [0.15, 0.2) is 0 Å². The number of benzene rings is 4. The lowest BCUT2D eigenvalue weighted by Gasteiger charge is -2.34. The molecule has 0 heterocycles. The first-order valence-corrected chi connectivity index (χ1v) is 16.1. The molecule has 1 atom stereocenters.